The molecular weight excluding hydrogens is 194 g/mol. The highest BCUT2D eigenvalue weighted by Gasteiger charge is 2.00. The molecule has 2 N–H and O–H groups in total. The van der Waals surface area contributed by atoms with Gasteiger partial charge in [0.25, 0.3) is 0 Å². The average Bonchev–Trinajstić information content (AvgIpc) is 2.29. The van der Waals surface area contributed by atoms with Crippen molar-refractivity contribution in [2.45, 2.75) is 0 Å². The molecule has 0 unspecified atom stereocenters. The molecule has 1 rings (SSSR count). The summed E-state index contributed by atoms with van der Waals surface area (Å²) in [6.07, 6.45) is 0. The zero-order valence-corrected chi connectivity index (χ0v) is 8.90. The summed E-state index contributed by atoms with van der Waals surface area (Å²) in [6.45, 7) is 2.00. The van der Waals surface area contributed by atoms with Crippen molar-refractivity contribution in [1.82, 2.24) is 5.32 Å². The second-order valence-electron chi connectivity index (χ2n) is 2.97. The fraction of sp³-hybridized carbons (Fsp3) is 0.455. The maximum Gasteiger partial charge on any atom is 0.161 e. The average molecular weight is 211 g/mol. The van der Waals surface area contributed by atoms with Gasteiger partial charge in [-0.05, 0) is 12.1 Å². The highest BCUT2D eigenvalue weighted by molar-refractivity contribution is 5.39. The molecule has 0 aliphatic carbocycles. The Labute approximate surface area is 89.8 Å². The van der Waals surface area contributed by atoms with Gasteiger partial charge in [-0.3, -0.25) is 0 Å². The number of para-hydroxylation sites is 2. The molecular formula is C11H17NO3. The van der Waals surface area contributed by atoms with E-state index >= 15 is 0 Å². The lowest BCUT2D eigenvalue weighted by Crippen LogP contribution is -2.24. The van der Waals surface area contributed by atoms with E-state index in [1.807, 2.05) is 24.3 Å². The molecule has 0 atom stereocenters. The molecule has 0 aliphatic heterocycles. The van der Waals surface area contributed by atoms with Crippen molar-refractivity contribution in [1.29, 1.82) is 0 Å². The molecule has 0 saturated heterocycles. The molecule has 0 aliphatic rings. The van der Waals surface area contributed by atoms with E-state index in [0.717, 1.165) is 11.5 Å². The van der Waals surface area contributed by atoms with Crippen LogP contribution in [0.2, 0.25) is 0 Å². The maximum atomic E-state index is 8.54. The zero-order valence-electron chi connectivity index (χ0n) is 8.90. The third-order valence-electron chi connectivity index (χ3n) is 1.89. The summed E-state index contributed by atoms with van der Waals surface area (Å²) in [4.78, 5) is 0. The largest absolute Gasteiger partial charge is 0.493 e. The van der Waals surface area contributed by atoms with Crippen molar-refractivity contribution >= 4 is 0 Å². The molecule has 15 heavy (non-hydrogen) atoms. The number of hydrogen-bond donors (Lipinski definition) is 2. The number of nitrogens with one attached hydrogen (secondary N) is 1. The van der Waals surface area contributed by atoms with Gasteiger partial charge < -0.3 is 19.9 Å². The summed E-state index contributed by atoms with van der Waals surface area (Å²) in [5.74, 6) is 1.48. The Bertz CT molecular complexity index is 278. The quantitative estimate of drug-likeness (QED) is 0.650. The Morgan fingerprint density at radius 1 is 1.20 bits per heavy atom. The highest BCUT2D eigenvalue weighted by Crippen LogP contribution is 2.25. The zero-order chi connectivity index (χ0) is 10.9. The van der Waals surface area contributed by atoms with Gasteiger partial charge in [0.1, 0.15) is 6.61 Å². The molecule has 0 saturated carbocycles. The molecule has 4 nitrogen and oxygen atoms in total. The van der Waals surface area contributed by atoms with Gasteiger partial charge in [0.2, 0.25) is 0 Å². The van der Waals surface area contributed by atoms with E-state index in [2.05, 4.69) is 5.32 Å². The van der Waals surface area contributed by atoms with Crippen molar-refractivity contribution in [3.8, 4) is 11.5 Å². The Balaban J connectivity index is 2.30. The van der Waals surface area contributed by atoms with Crippen LogP contribution in [0.15, 0.2) is 24.3 Å². The molecule has 0 spiro atoms. The standard InChI is InChI=1S/C11H17NO3/c1-14-10-4-2-3-5-11(10)15-9-7-12-6-8-13/h2-5,12-13H,6-9H2,1H3. The number of benzene rings is 1. The molecule has 0 radical (unpaired) electrons. The van der Waals surface area contributed by atoms with Gasteiger partial charge in [-0.2, -0.15) is 0 Å². The Morgan fingerprint density at radius 2 is 1.93 bits per heavy atom. The van der Waals surface area contributed by atoms with Gasteiger partial charge in [-0.15, -0.1) is 0 Å². The molecule has 0 aromatic heterocycles. The van der Waals surface area contributed by atoms with Crippen LogP contribution in [0.4, 0.5) is 0 Å². The fourth-order valence-electron chi connectivity index (χ4n) is 1.18. The first kappa shape index (κ1) is 11.8. The van der Waals surface area contributed by atoms with Crippen LogP contribution in [-0.2, 0) is 0 Å². The summed E-state index contributed by atoms with van der Waals surface area (Å²) in [7, 11) is 1.62. The first-order valence-corrected chi connectivity index (χ1v) is 4.96. The maximum absolute atomic E-state index is 8.54. The van der Waals surface area contributed by atoms with E-state index in [1.54, 1.807) is 7.11 Å². The van der Waals surface area contributed by atoms with Crippen molar-refractivity contribution in [2.75, 3.05) is 33.4 Å². The number of aliphatic hydroxyl groups is 1. The second kappa shape index (κ2) is 7.09. The minimum atomic E-state index is 0.147. The molecule has 4 heteroatoms. The van der Waals surface area contributed by atoms with Crippen LogP contribution >= 0.6 is 0 Å². The Hall–Kier alpha value is -1.26. The van der Waals surface area contributed by atoms with E-state index in [1.165, 1.54) is 0 Å². The van der Waals surface area contributed by atoms with Crippen LogP contribution in [0, 0.1) is 0 Å². The Kier molecular flexibility index (Phi) is 5.58. The molecule has 0 bridgehead atoms. The summed E-state index contributed by atoms with van der Waals surface area (Å²) in [5.41, 5.74) is 0. The molecule has 0 amide bonds. The molecule has 84 valence electrons. The van der Waals surface area contributed by atoms with Crippen molar-refractivity contribution in [3.63, 3.8) is 0 Å². The lowest BCUT2D eigenvalue weighted by Gasteiger charge is -2.10. The van der Waals surface area contributed by atoms with Gasteiger partial charge in [0.05, 0.1) is 13.7 Å². The molecule has 0 heterocycles. The lowest BCUT2D eigenvalue weighted by atomic mass is 10.3. The number of aliphatic hydroxyl groups excluding tert-OH is 1. The van der Waals surface area contributed by atoms with Crippen molar-refractivity contribution in [2.24, 2.45) is 0 Å². The van der Waals surface area contributed by atoms with Crippen LogP contribution in [0.3, 0.4) is 0 Å². The number of methoxy groups -OCH3 is 1. The van der Waals surface area contributed by atoms with E-state index in [-0.39, 0.29) is 6.61 Å². The third-order valence-corrected chi connectivity index (χ3v) is 1.89. The monoisotopic (exact) mass is 211 g/mol. The van der Waals surface area contributed by atoms with E-state index in [4.69, 9.17) is 14.6 Å². The molecule has 0 fully saturated rings. The van der Waals surface area contributed by atoms with E-state index in [9.17, 15) is 0 Å². The van der Waals surface area contributed by atoms with Gasteiger partial charge in [0, 0.05) is 13.1 Å². The minimum Gasteiger partial charge on any atom is -0.493 e. The fourth-order valence-corrected chi connectivity index (χ4v) is 1.18. The van der Waals surface area contributed by atoms with Crippen molar-refractivity contribution in [3.05, 3.63) is 24.3 Å². The van der Waals surface area contributed by atoms with Crippen LogP contribution in [-0.4, -0.2) is 38.5 Å². The summed E-state index contributed by atoms with van der Waals surface area (Å²) in [6, 6.07) is 7.52. The first-order chi connectivity index (χ1) is 7.38. The van der Waals surface area contributed by atoms with E-state index in [0.29, 0.717) is 19.7 Å². The van der Waals surface area contributed by atoms with Crippen molar-refractivity contribution < 1.29 is 14.6 Å². The summed E-state index contributed by atoms with van der Waals surface area (Å²) < 4.78 is 10.6. The van der Waals surface area contributed by atoms with Gasteiger partial charge in [0.15, 0.2) is 11.5 Å². The smallest absolute Gasteiger partial charge is 0.161 e. The van der Waals surface area contributed by atoms with Gasteiger partial charge >= 0.3 is 0 Å². The lowest BCUT2D eigenvalue weighted by molar-refractivity contribution is 0.269. The number of hydrogen-bond acceptors (Lipinski definition) is 4. The molecule has 1 aromatic rings. The normalized spacial score (nSPS) is 10.0. The SMILES string of the molecule is COc1ccccc1OCCNCCO. The number of ether oxygens (including phenoxy) is 2. The van der Waals surface area contributed by atoms with Crippen LogP contribution in [0.1, 0.15) is 0 Å². The van der Waals surface area contributed by atoms with Crippen LogP contribution < -0.4 is 14.8 Å². The number of rotatable bonds is 7. The first-order valence-electron chi connectivity index (χ1n) is 4.96. The van der Waals surface area contributed by atoms with Crippen LogP contribution in [0.5, 0.6) is 11.5 Å². The summed E-state index contributed by atoms with van der Waals surface area (Å²) >= 11 is 0. The van der Waals surface area contributed by atoms with Crippen LogP contribution in [0.25, 0.3) is 0 Å². The van der Waals surface area contributed by atoms with E-state index < -0.39 is 0 Å². The topological polar surface area (TPSA) is 50.7 Å². The second-order valence-corrected chi connectivity index (χ2v) is 2.97. The molecule has 1 aromatic carbocycles. The minimum absolute atomic E-state index is 0.147. The predicted molar refractivity (Wildman–Crippen MR) is 58.4 cm³/mol. The highest BCUT2D eigenvalue weighted by atomic mass is 16.5. The van der Waals surface area contributed by atoms with Gasteiger partial charge in [-0.1, -0.05) is 12.1 Å². The van der Waals surface area contributed by atoms with Gasteiger partial charge in [-0.25, -0.2) is 0 Å². The predicted octanol–water partition coefficient (Wildman–Crippen LogP) is 0.656. The Morgan fingerprint density at radius 3 is 2.60 bits per heavy atom. The third kappa shape index (κ3) is 4.18. The summed E-state index contributed by atoms with van der Waals surface area (Å²) in [5, 5.41) is 11.6.